The van der Waals surface area contributed by atoms with Crippen molar-refractivity contribution in [1.29, 1.82) is 5.41 Å². The van der Waals surface area contributed by atoms with Crippen LogP contribution in [0.15, 0.2) is 48.8 Å². The molecule has 1 aromatic carbocycles. The lowest BCUT2D eigenvalue weighted by Gasteiger charge is -2.49. The zero-order valence-corrected chi connectivity index (χ0v) is 45.6. The second-order valence-electron chi connectivity index (χ2n) is 20.9. The lowest BCUT2D eigenvalue weighted by atomic mass is 9.74. The van der Waals surface area contributed by atoms with Gasteiger partial charge < -0.3 is 69.2 Å². The van der Waals surface area contributed by atoms with Crippen molar-refractivity contribution in [3.63, 3.8) is 0 Å². The number of nitrogens with zero attached hydrogens (tertiary/aromatic N) is 2. The van der Waals surface area contributed by atoms with Gasteiger partial charge in [-0.2, -0.15) is 0 Å². The highest BCUT2D eigenvalue weighted by molar-refractivity contribution is 14.1. The van der Waals surface area contributed by atoms with Crippen molar-refractivity contribution in [2.75, 3.05) is 34.5 Å². The van der Waals surface area contributed by atoms with Crippen molar-refractivity contribution in [1.82, 2.24) is 15.2 Å². The summed E-state index contributed by atoms with van der Waals surface area (Å²) in [5.74, 6) is -4.21. The maximum absolute atomic E-state index is 14.4. The van der Waals surface area contributed by atoms with E-state index in [1.54, 1.807) is 81.9 Å². The van der Waals surface area contributed by atoms with Crippen LogP contribution in [0.3, 0.4) is 0 Å². The highest BCUT2D eigenvalue weighted by Gasteiger charge is 2.53. The summed E-state index contributed by atoms with van der Waals surface area (Å²) >= 11 is 1.79. The fourth-order valence-corrected chi connectivity index (χ4v) is 11.1. The summed E-state index contributed by atoms with van der Waals surface area (Å²) < 4.78 is 58.0. The largest absolute Gasteiger partial charge is 0.448 e. The number of aliphatic hydroxyl groups is 4. The molecule has 19 heteroatoms. The average molecular weight is 1120 g/mol. The van der Waals surface area contributed by atoms with Gasteiger partial charge in [-0.3, -0.25) is 14.6 Å². The first kappa shape index (κ1) is 59.1. The number of hydrogen-bond acceptors (Lipinski definition) is 16. The molecule has 3 aliphatic heterocycles. The van der Waals surface area contributed by atoms with Crippen molar-refractivity contribution < 1.29 is 67.6 Å². The highest BCUT2D eigenvalue weighted by atomic mass is 127. The number of aliphatic hydroxyl groups excluding tert-OH is 3. The van der Waals surface area contributed by atoms with Crippen molar-refractivity contribution in [3.05, 3.63) is 54.4 Å². The number of benzene rings is 1. The number of rotatable bonds is 15. The predicted molar refractivity (Wildman–Crippen MR) is 272 cm³/mol. The van der Waals surface area contributed by atoms with Crippen LogP contribution in [0.5, 0.6) is 0 Å². The van der Waals surface area contributed by atoms with Gasteiger partial charge in [-0.15, -0.1) is 0 Å². The van der Waals surface area contributed by atoms with Gasteiger partial charge in [0.1, 0.15) is 24.5 Å². The van der Waals surface area contributed by atoms with Crippen molar-refractivity contribution in [3.8, 4) is 11.1 Å². The molecule has 1 aromatic heterocycles. The van der Waals surface area contributed by atoms with Crippen LogP contribution < -0.4 is 5.32 Å². The quantitative estimate of drug-likeness (QED) is 0.0692. The minimum atomic E-state index is -1.95. The number of amides is 1. The number of methoxy groups -OCH3 is 2. The Morgan fingerprint density at radius 3 is 2.21 bits per heavy atom. The molecule has 1 amide bonds. The van der Waals surface area contributed by atoms with Crippen LogP contribution in [0.2, 0.25) is 0 Å². The molecule has 19 atom stereocenters. The highest BCUT2D eigenvalue weighted by Crippen LogP contribution is 2.42. The molecule has 3 fully saturated rings. The Balaban J connectivity index is 1.38. The predicted octanol–water partition coefficient (Wildman–Crippen LogP) is 5.91. The molecule has 0 radical (unpaired) electrons. The molecule has 0 aliphatic carbocycles. The Morgan fingerprint density at radius 1 is 0.944 bits per heavy atom. The first-order valence-electron chi connectivity index (χ1n) is 24.8. The lowest BCUT2D eigenvalue weighted by Crippen LogP contribution is -2.60. The summed E-state index contributed by atoms with van der Waals surface area (Å²) in [4.78, 5) is 33.8. The lowest BCUT2D eigenvalue weighted by molar-refractivity contribution is -0.309. The van der Waals surface area contributed by atoms with Crippen LogP contribution in [0, 0.1) is 29.1 Å². The molecule has 0 saturated carbocycles. The molecular formula is C52H80FIN4O13. The third kappa shape index (κ3) is 14.1. The first-order valence-corrected chi connectivity index (χ1v) is 26.0. The third-order valence-electron chi connectivity index (χ3n) is 15.4. The summed E-state index contributed by atoms with van der Waals surface area (Å²) in [5.41, 5.74) is -1.79. The minimum absolute atomic E-state index is 0.0246. The zero-order valence-electron chi connectivity index (χ0n) is 43.4. The summed E-state index contributed by atoms with van der Waals surface area (Å²) in [6.07, 6.45) is -3.71. The molecule has 17 nitrogen and oxygen atoms in total. The van der Waals surface area contributed by atoms with Crippen LogP contribution in [0.25, 0.3) is 11.1 Å². The number of ether oxygens (including phenoxy) is 7. The second kappa shape index (κ2) is 25.2. The van der Waals surface area contributed by atoms with E-state index < -0.39 is 118 Å². The van der Waals surface area contributed by atoms with E-state index in [1.807, 2.05) is 63.9 Å². The molecule has 2 aromatic rings. The Labute approximate surface area is 432 Å². The van der Waals surface area contributed by atoms with Crippen LogP contribution in [-0.2, 0) is 42.7 Å². The van der Waals surface area contributed by atoms with Gasteiger partial charge in [0, 0.05) is 76.0 Å². The zero-order chi connectivity index (χ0) is 52.7. The van der Waals surface area contributed by atoms with Gasteiger partial charge in [0.25, 0.3) is 0 Å². The van der Waals surface area contributed by atoms with E-state index in [2.05, 4.69) is 10.3 Å². The van der Waals surface area contributed by atoms with Crippen LogP contribution >= 0.6 is 22.6 Å². The number of pyridine rings is 1. The number of carbonyl (C=O) groups excluding carboxylic acids is 2. The van der Waals surface area contributed by atoms with Crippen LogP contribution in [0.1, 0.15) is 106 Å². The SMILES string of the molecule is CO[C@]1(C)C[C@@H](C)C(=N)[C@H](C)[C@@H](O)[C@](C)(O)[C@@H](I)OC(=O)[C@H](C)[C@@H](O[C@H]2C[C@@](C)(OC)[C@@H](O)[C@H](C)O2)[C@H](C)[C@H]1O[C@H]1C[C@@H](N(C)CCC(=O)N[C@H](CF)[C@H](O)c2ccc(-c3cccnc3)cc2)C[C@@H](C)O1. The smallest absolute Gasteiger partial charge is 0.312 e. The van der Waals surface area contributed by atoms with Crippen molar-refractivity contribution in [2.45, 2.75) is 183 Å². The standard InChI is InChI=1S/C52H80FIN4O13/c1-28-24-51(8,66-12)47(31(4)44(69-41-25-50(7,65-11)46(62)33(6)68-41)32(5)48(63)71-49(54)52(9,64)45(61)30(3)42(28)55)70-40-23-37(22-29(2)67-40)58(10)21-19-39(59)57-38(26-53)43(60)35-17-15-34(16-18-35)36-14-13-20-56-27-36/h13-18,20,27-33,37-38,40-41,43-47,49,55,60-62,64H,19,21-26H2,1-12H3,(H,57,59)/t28-,29-,30+,31+,32-,33+,37+,38-,40+,41+,43-,44+,45-,46+,47-,49+,50-,51-,52+/m1/s1. The fraction of sp³-hybridized carbons (Fsp3) is 0.731. The summed E-state index contributed by atoms with van der Waals surface area (Å²) in [6, 6.07) is 9.50. The molecule has 4 heterocycles. The van der Waals surface area contributed by atoms with Gasteiger partial charge in [-0.1, -0.05) is 51.1 Å². The molecule has 3 aliphatic rings. The monoisotopic (exact) mass is 1110 g/mol. The number of hydrogen-bond donors (Lipinski definition) is 6. The van der Waals surface area contributed by atoms with E-state index in [0.717, 1.165) is 11.1 Å². The van der Waals surface area contributed by atoms with E-state index in [4.69, 9.17) is 33.2 Å². The Bertz CT molecular complexity index is 2050. The van der Waals surface area contributed by atoms with Gasteiger partial charge in [0.05, 0.1) is 53.7 Å². The van der Waals surface area contributed by atoms with E-state index >= 15 is 0 Å². The number of alkyl halides is 2. The maximum atomic E-state index is 14.4. The van der Waals surface area contributed by atoms with Crippen molar-refractivity contribution >= 4 is 40.2 Å². The number of nitrogens with one attached hydrogen (secondary N) is 2. The Hall–Kier alpha value is -2.80. The Morgan fingerprint density at radius 2 is 1.61 bits per heavy atom. The number of cyclic esters (lactones) is 1. The van der Waals surface area contributed by atoms with Gasteiger partial charge >= 0.3 is 5.97 Å². The van der Waals surface area contributed by atoms with Crippen LogP contribution in [0.4, 0.5) is 4.39 Å². The molecule has 5 rings (SSSR count). The number of carbonyl (C=O) groups is 2. The van der Waals surface area contributed by atoms with E-state index in [1.165, 1.54) is 14.0 Å². The first-order chi connectivity index (χ1) is 33.3. The van der Waals surface area contributed by atoms with E-state index in [0.29, 0.717) is 24.9 Å². The number of aromatic nitrogens is 1. The molecule has 0 spiro atoms. The van der Waals surface area contributed by atoms with Gasteiger partial charge in [0.2, 0.25) is 5.91 Å². The molecule has 0 unspecified atom stereocenters. The molecule has 3 saturated heterocycles. The second-order valence-corrected chi connectivity index (χ2v) is 22.0. The topological polar surface area (TPSA) is 232 Å². The molecule has 0 bridgehead atoms. The number of esters is 1. The summed E-state index contributed by atoms with van der Waals surface area (Å²) in [6.45, 7) is 15.0. The van der Waals surface area contributed by atoms with E-state index in [-0.39, 0.29) is 37.1 Å². The van der Waals surface area contributed by atoms with Crippen LogP contribution in [-0.4, -0.2) is 165 Å². The Kier molecular flexibility index (Phi) is 20.9. The summed E-state index contributed by atoms with van der Waals surface area (Å²) in [5, 5.41) is 57.3. The fourth-order valence-electron chi connectivity index (χ4n) is 10.5. The normalized spacial score (nSPS) is 38.7. The van der Waals surface area contributed by atoms with Crippen molar-refractivity contribution in [2.24, 2.45) is 23.7 Å². The van der Waals surface area contributed by atoms with E-state index in [9.17, 15) is 39.8 Å². The molecular weight excluding hydrogens is 1030 g/mol. The van der Waals surface area contributed by atoms with Gasteiger partial charge in [-0.05, 0) is 113 Å². The molecule has 71 heavy (non-hydrogen) atoms. The summed E-state index contributed by atoms with van der Waals surface area (Å²) in [7, 11) is 4.95. The maximum Gasteiger partial charge on any atom is 0.312 e. The van der Waals surface area contributed by atoms with Gasteiger partial charge in [-0.25, -0.2) is 4.39 Å². The molecule has 400 valence electrons. The minimum Gasteiger partial charge on any atom is -0.448 e. The third-order valence-corrected chi connectivity index (χ3v) is 16.9. The number of halogens is 2. The van der Waals surface area contributed by atoms with Gasteiger partial charge in [0.15, 0.2) is 16.7 Å². The average Bonchev–Trinajstić information content (AvgIpc) is 3.35. The molecule has 6 N–H and O–H groups in total.